The van der Waals surface area contributed by atoms with Gasteiger partial charge in [0.05, 0.1) is 16.1 Å². The summed E-state index contributed by atoms with van der Waals surface area (Å²) in [6.45, 7) is 2.68. The van der Waals surface area contributed by atoms with Crippen LogP contribution in [-0.2, 0) is 6.54 Å². The van der Waals surface area contributed by atoms with E-state index in [4.69, 9.17) is 4.74 Å². The second-order valence-electron chi connectivity index (χ2n) is 4.75. The number of hydrogen-bond donors (Lipinski definition) is 1. The van der Waals surface area contributed by atoms with E-state index in [9.17, 15) is 4.39 Å². The van der Waals surface area contributed by atoms with Crippen molar-refractivity contribution in [3.63, 3.8) is 0 Å². The van der Waals surface area contributed by atoms with Crippen molar-refractivity contribution in [3.05, 3.63) is 62.3 Å². The van der Waals surface area contributed by atoms with E-state index in [1.807, 2.05) is 24.3 Å². The van der Waals surface area contributed by atoms with E-state index < -0.39 is 0 Å². The molecule has 0 amide bonds. The zero-order valence-electron chi connectivity index (χ0n) is 11.8. The average molecular weight is 417 g/mol. The summed E-state index contributed by atoms with van der Waals surface area (Å²) >= 11 is 6.64. The van der Waals surface area contributed by atoms with Gasteiger partial charge in [0.15, 0.2) is 0 Å². The number of rotatable bonds is 5. The molecule has 1 N–H and O–H groups in total. The molecule has 0 radical (unpaired) electrons. The molecule has 0 heterocycles. The van der Waals surface area contributed by atoms with Crippen molar-refractivity contribution >= 4 is 31.9 Å². The van der Waals surface area contributed by atoms with Gasteiger partial charge in [-0.1, -0.05) is 12.1 Å². The van der Waals surface area contributed by atoms with Gasteiger partial charge in [-0.25, -0.2) is 4.39 Å². The van der Waals surface area contributed by atoms with Gasteiger partial charge >= 0.3 is 0 Å². The highest BCUT2D eigenvalue weighted by atomic mass is 79.9. The summed E-state index contributed by atoms with van der Waals surface area (Å²) in [5.41, 5.74) is 2.05. The van der Waals surface area contributed by atoms with Gasteiger partial charge in [0.2, 0.25) is 0 Å². The molecule has 2 nitrogen and oxygen atoms in total. The average Bonchev–Trinajstić information content (AvgIpc) is 2.48. The topological polar surface area (TPSA) is 21.3 Å². The number of hydrogen-bond acceptors (Lipinski definition) is 2. The summed E-state index contributed by atoms with van der Waals surface area (Å²) in [6, 6.07) is 11.3. The van der Waals surface area contributed by atoms with Crippen molar-refractivity contribution in [1.82, 2.24) is 5.32 Å². The van der Waals surface area contributed by atoms with Crippen molar-refractivity contribution < 1.29 is 9.13 Å². The highest BCUT2D eigenvalue weighted by Gasteiger charge is 2.09. The molecule has 0 saturated carbocycles. The first-order valence-corrected chi connectivity index (χ1v) is 8.10. The van der Waals surface area contributed by atoms with Crippen molar-refractivity contribution in [1.29, 1.82) is 0 Å². The van der Waals surface area contributed by atoms with Gasteiger partial charge in [-0.15, -0.1) is 0 Å². The SMILES string of the molecule is COc1ccc(C(C)NCc2ccc(Br)c(F)c2)cc1Br. The number of nitrogens with one attached hydrogen (secondary N) is 1. The van der Waals surface area contributed by atoms with Gasteiger partial charge in [0, 0.05) is 12.6 Å². The fourth-order valence-corrected chi connectivity index (χ4v) is 2.80. The lowest BCUT2D eigenvalue weighted by Gasteiger charge is -2.16. The second-order valence-corrected chi connectivity index (χ2v) is 6.45. The van der Waals surface area contributed by atoms with Crippen LogP contribution in [0.2, 0.25) is 0 Å². The smallest absolute Gasteiger partial charge is 0.137 e. The molecule has 2 aromatic carbocycles. The molecular weight excluding hydrogens is 401 g/mol. The van der Waals surface area contributed by atoms with Crippen LogP contribution in [-0.4, -0.2) is 7.11 Å². The quantitative estimate of drug-likeness (QED) is 0.722. The second kappa shape index (κ2) is 7.38. The van der Waals surface area contributed by atoms with Gasteiger partial charge in [-0.2, -0.15) is 0 Å². The molecule has 1 atom stereocenters. The summed E-state index contributed by atoms with van der Waals surface area (Å²) in [6.07, 6.45) is 0. The van der Waals surface area contributed by atoms with E-state index in [1.165, 1.54) is 6.07 Å². The monoisotopic (exact) mass is 415 g/mol. The summed E-state index contributed by atoms with van der Waals surface area (Å²) in [5.74, 6) is 0.565. The molecule has 0 aromatic heterocycles. The molecule has 2 aromatic rings. The summed E-state index contributed by atoms with van der Waals surface area (Å²) in [4.78, 5) is 0. The number of halogens is 3. The number of methoxy groups -OCH3 is 1. The molecule has 1 unspecified atom stereocenters. The van der Waals surface area contributed by atoms with Crippen LogP contribution in [0, 0.1) is 5.82 Å². The van der Waals surface area contributed by atoms with Crippen LogP contribution in [0.1, 0.15) is 24.1 Å². The molecule has 5 heteroatoms. The molecule has 112 valence electrons. The third-order valence-electron chi connectivity index (χ3n) is 3.27. The van der Waals surface area contributed by atoms with E-state index in [1.54, 1.807) is 13.2 Å². The summed E-state index contributed by atoms with van der Waals surface area (Å²) in [5, 5.41) is 3.38. The van der Waals surface area contributed by atoms with Crippen molar-refractivity contribution in [2.75, 3.05) is 7.11 Å². The lowest BCUT2D eigenvalue weighted by Crippen LogP contribution is -2.18. The first-order chi connectivity index (χ1) is 10.0. The van der Waals surface area contributed by atoms with Crippen LogP contribution >= 0.6 is 31.9 Å². The maximum Gasteiger partial charge on any atom is 0.137 e. The van der Waals surface area contributed by atoms with Gasteiger partial charge < -0.3 is 10.1 Å². The molecule has 0 saturated heterocycles. The van der Waals surface area contributed by atoms with Crippen LogP contribution < -0.4 is 10.1 Å². The molecule has 2 rings (SSSR count). The number of ether oxygens (including phenoxy) is 1. The van der Waals surface area contributed by atoms with Gasteiger partial charge in [-0.3, -0.25) is 0 Å². The molecule has 0 bridgehead atoms. The van der Waals surface area contributed by atoms with Crippen molar-refractivity contribution in [2.24, 2.45) is 0 Å². The molecular formula is C16H16Br2FNO. The molecule has 0 aliphatic rings. The normalized spacial score (nSPS) is 12.2. The standard InChI is InChI=1S/C16H16Br2FNO/c1-10(12-4-6-16(21-2)14(18)8-12)20-9-11-3-5-13(17)15(19)7-11/h3-8,10,20H,9H2,1-2H3. The van der Waals surface area contributed by atoms with Crippen LogP contribution in [0.25, 0.3) is 0 Å². The fourth-order valence-electron chi connectivity index (χ4n) is 1.99. The highest BCUT2D eigenvalue weighted by molar-refractivity contribution is 9.10. The molecule has 21 heavy (non-hydrogen) atoms. The van der Waals surface area contributed by atoms with E-state index >= 15 is 0 Å². The third kappa shape index (κ3) is 4.28. The Morgan fingerprint density at radius 2 is 1.90 bits per heavy atom. The Bertz CT molecular complexity index is 634. The Morgan fingerprint density at radius 1 is 1.14 bits per heavy atom. The summed E-state index contributed by atoms with van der Waals surface area (Å²) in [7, 11) is 1.64. The fraction of sp³-hybridized carbons (Fsp3) is 0.250. The largest absolute Gasteiger partial charge is 0.496 e. The minimum atomic E-state index is -0.242. The maximum absolute atomic E-state index is 13.5. The Kier molecular flexibility index (Phi) is 5.79. The zero-order chi connectivity index (χ0) is 15.4. The van der Waals surface area contributed by atoms with E-state index in [0.29, 0.717) is 11.0 Å². The Balaban J connectivity index is 2.02. The number of benzene rings is 2. The van der Waals surface area contributed by atoms with E-state index in [0.717, 1.165) is 21.3 Å². The van der Waals surface area contributed by atoms with Gasteiger partial charge in [0.25, 0.3) is 0 Å². The molecule has 0 spiro atoms. The lowest BCUT2D eigenvalue weighted by molar-refractivity contribution is 0.411. The lowest BCUT2D eigenvalue weighted by atomic mass is 10.1. The molecule has 0 fully saturated rings. The third-order valence-corrected chi connectivity index (χ3v) is 4.54. The van der Waals surface area contributed by atoms with Crippen LogP contribution in [0.5, 0.6) is 5.75 Å². The van der Waals surface area contributed by atoms with E-state index in [2.05, 4.69) is 44.1 Å². The van der Waals surface area contributed by atoms with Gasteiger partial charge in [-0.05, 0) is 74.2 Å². The van der Waals surface area contributed by atoms with Crippen molar-refractivity contribution in [2.45, 2.75) is 19.5 Å². The maximum atomic E-state index is 13.5. The van der Waals surface area contributed by atoms with Gasteiger partial charge in [0.1, 0.15) is 11.6 Å². The Hall–Kier alpha value is -0.910. The first kappa shape index (κ1) is 16.5. The predicted molar refractivity (Wildman–Crippen MR) is 90.0 cm³/mol. The first-order valence-electron chi connectivity index (χ1n) is 6.52. The van der Waals surface area contributed by atoms with E-state index in [-0.39, 0.29) is 11.9 Å². The Labute approximate surface area is 141 Å². The Morgan fingerprint density at radius 3 is 2.52 bits per heavy atom. The van der Waals surface area contributed by atoms with Crippen LogP contribution in [0.15, 0.2) is 45.3 Å². The van der Waals surface area contributed by atoms with Crippen LogP contribution in [0.3, 0.4) is 0 Å². The van der Waals surface area contributed by atoms with Crippen LogP contribution in [0.4, 0.5) is 4.39 Å². The highest BCUT2D eigenvalue weighted by Crippen LogP contribution is 2.28. The summed E-state index contributed by atoms with van der Waals surface area (Å²) < 4.78 is 20.1. The van der Waals surface area contributed by atoms with Crippen molar-refractivity contribution in [3.8, 4) is 5.75 Å². The zero-order valence-corrected chi connectivity index (χ0v) is 15.0. The predicted octanol–water partition coefficient (Wildman–Crippen LogP) is 5.21. The minimum Gasteiger partial charge on any atom is -0.496 e. The minimum absolute atomic E-state index is 0.152. The molecule has 0 aliphatic heterocycles. The molecule has 0 aliphatic carbocycles.